The van der Waals surface area contributed by atoms with Gasteiger partial charge >= 0.3 is 5.97 Å². The molecule has 0 saturated carbocycles. The van der Waals surface area contributed by atoms with Gasteiger partial charge in [-0.25, -0.2) is 4.79 Å². The second kappa shape index (κ2) is 7.93. The summed E-state index contributed by atoms with van der Waals surface area (Å²) in [6.45, 7) is 0. The van der Waals surface area contributed by atoms with E-state index in [-0.39, 0.29) is 11.6 Å². The van der Waals surface area contributed by atoms with Crippen molar-refractivity contribution in [2.45, 2.75) is 18.9 Å². The molecule has 1 aromatic heterocycles. The van der Waals surface area contributed by atoms with Crippen LogP contribution in [0.5, 0.6) is 0 Å². The summed E-state index contributed by atoms with van der Waals surface area (Å²) in [5.74, 6) is -0.843. The number of nitrogens with zero attached hydrogens (tertiary/aromatic N) is 1. The van der Waals surface area contributed by atoms with Crippen LogP contribution >= 0.6 is 0 Å². The van der Waals surface area contributed by atoms with Crippen LogP contribution in [0.4, 0.5) is 0 Å². The Morgan fingerprint density at radius 2 is 1.86 bits per heavy atom. The SMILES string of the molecule is COC(=O)[C@@H](CCc1ccccc1)NC(=O)c1ccccn1. The number of esters is 1. The lowest BCUT2D eigenvalue weighted by Crippen LogP contribution is -2.42. The number of methoxy groups -OCH3 is 1. The molecule has 1 amide bonds. The predicted octanol–water partition coefficient (Wildman–Crippen LogP) is 1.99. The summed E-state index contributed by atoms with van der Waals surface area (Å²) in [5, 5.41) is 2.68. The number of aryl methyl sites for hydroxylation is 1. The molecule has 0 aliphatic heterocycles. The number of aromatic nitrogens is 1. The molecule has 0 fully saturated rings. The average Bonchev–Trinajstić information content (AvgIpc) is 2.59. The molecule has 1 aromatic carbocycles. The molecule has 1 N–H and O–H groups in total. The van der Waals surface area contributed by atoms with Crippen LogP contribution in [0.15, 0.2) is 54.7 Å². The number of hydrogen-bond donors (Lipinski definition) is 1. The van der Waals surface area contributed by atoms with E-state index in [1.165, 1.54) is 13.3 Å². The first-order valence-electron chi connectivity index (χ1n) is 7.04. The summed E-state index contributed by atoms with van der Waals surface area (Å²) in [4.78, 5) is 27.9. The lowest BCUT2D eigenvalue weighted by atomic mass is 10.1. The fourth-order valence-corrected chi connectivity index (χ4v) is 2.08. The van der Waals surface area contributed by atoms with Crippen LogP contribution in [0.3, 0.4) is 0 Å². The van der Waals surface area contributed by atoms with Crippen molar-refractivity contribution in [1.29, 1.82) is 0 Å². The molecular formula is C17H18N2O3. The number of nitrogens with one attached hydrogen (secondary N) is 1. The summed E-state index contributed by atoms with van der Waals surface area (Å²) in [6, 6.07) is 14.1. The molecule has 2 rings (SSSR count). The van der Waals surface area contributed by atoms with Gasteiger partial charge in [0.15, 0.2) is 0 Å². The van der Waals surface area contributed by atoms with Gasteiger partial charge in [0.1, 0.15) is 11.7 Å². The molecule has 0 unspecified atom stereocenters. The molecule has 0 saturated heterocycles. The second-order valence-corrected chi connectivity index (χ2v) is 4.79. The molecular weight excluding hydrogens is 280 g/mol. The van der Waals surface area contributed by atoms with Crippen LogP contribution in [0.25, 0.3) is 0 Å². The quantitative estimate of drug-likeness (QED) is 0.828. The molecule has 22 heavy (non-hydrogen) atoms. The van der Waals surface area contributed by atoms with Crippen LogP contribution in [-0.4, -0.2) is 30.0 Å². The minimum atomic E-state index is -0.695. The van der Waals surface area contributed by atoms with E-state index in [0.717, 1.165) is 5.56 Å². The molecule has 5 nitrogen and oxygen atoms in total. The minimum absolute atomic E-state index is 0.274. The predicted molar refractivity (Wildman–Crippen MR) is 82.3 cm³/mol. The third-order valence-corrected chi connectivity index (χ3v) is 3.25. The topological polar surface area (TPSA) is 68.3 Å². The lowest BCUT2D eigenvalue weighted by Gasteiger charge is -2.16. The summed E-state index contributed by atoms with van der Waals surface area (Å²) in [7, 11) is 1.31. The fraction of sp³-hybridized carbons (Fsp3) is 0.235. The van der Waals surface area contributed by atoms with Crippen LogP contribution < -0.4 is 5.32 Å². The van der Waals surface area contributed by atoms with E-state index in [0.29, 0.717) is 12.8 Å². The molecule has 114 valence electrons. The lowest BCUT2D eigenvalue weighted by molar-refractivity contribution is -0.143. The zero-order valence-corrected chi connectivity index (χ0v) is 12.4. The van der Waals surface area contributed by atoms with E-state index < -0.39 is 12.0 Å². The van der Waals surface area contributed by atoms with Crippen LogP contribution in [0, 0.1) is 0 Å². The number of hydrogen-bond acceptors (Lipinski definition) is 4. The summed E-state index contributed by atoms with van der Waals surface area (Å²) < 4.78 is 4.76. The minimum Gasteiger partial charge on any atom is -0.467 e. The molecule has 5 heteroatoms. The van der Waals surface area contributed by atoms with E-state index >= 15 is 0 Å². The molecule has 0 bridgehead atoms. The third-order valence-electron chi connectivity index (χ3n) is 3.25. The number of benzene rings is 1. The Bertz CT molecular complexity index is 614. The first-order valence-corrected chi connectivity index (χ1v) is 7.04. The van der Waals surface area contributed by atoms with Crippen molar-refractivity contribution < 1.29 is 14.3 Å². The maximum atomic E-state index is 12.1. The van der Waals surface area contributed by atoms with Crippen molar-refractivity contribution in [3.05, 3.63) is 66.0 Å². The van der Waals surface area contributed by atoms with Gasteiger partial charge in [0.05, 0.1) is 7.11 Å². The molecule has 1 atom stereocenters. The van der Waals surface area contributed by atoms with E-state index in [1.807, 2.05) is 30.3 Å². The molecule has 0 aliphatic carbocycles. The van der Waals surface area contributed by atoms with Gasteiger partial charge in [0.2, 0.25) is 0 Å². The Balaban J connectivity index is 2.00. The highest BCUT2D eigenvalue weighted by Crippen LogP contribution is 2.07. The Hall–Kier alpha value is -2.69. The maximum absolute atomic E-state index is 12.1. The van der Waals surface area contributed by atoms with Crippen molar-refractivity contribution in [3.63, 3.8) is 0 Å². The molecule has 1 heterocycles. The van der Waals surface area contributed by atoms with Gasteiger partial charge in [-0.05, 0) is 30.5 Å². The molecule has 0 aliphatic rings. The number of amides is 1. The van der Waals surface area contributed by atoms with E-state index in [1.54, 1.807) is 18.2 Å². The van der Waals surface area contributed by atoms with E-state index in [4.69, 9.17) is 4.74 Å². The smallest absolute Gasteiger partial charge is 0.328 e. The first-order chi connectivity index (χ1) is 10.7. The largest absolute Gasteiger partial charge is 0.467 e. The Kier molecular flexibility index (Phi) is 5.65. The van der Waals surface area contributed by atoms with Crippen LogP contribution in [0.2, 0.25) is 0 Å². The average molecular weight is 298 g/mol. The number of ether oxygens (including phenoxy) is 1. The molecule has 0 radical (unpaired) electrons. The van der Waals surface area contributed by atoms with Crippen molar-refractivity contribution in [1.82, 2.24) is 10.3 Å². The summed E-state index contributed by atoms with van der Waals surface area (Å²) in [6.07, 6.45) is 2.67. The monoisotopic (exact) mass is 298 g/mol. The van der Waals surface area contributed by atoms with Crippen molar-refractivity contribution in [2.75, 3.05) is 7.11 Å². The van der Waals surface area contributed by atoms with Gasteiger partial charge in [-0.3, -0.25) is 9.78 Å². The Morgan fingerprint density at radius 1 is 1.14 bits per heavy atom. The highest BCUT2D eigenvalue weighted by Gasteiger charge is 2.22. The molecule has 2 aromatic rings. The van der Waals surface area contributed by atoms with Crippen LogP contribution in [-0.2, 0) is 16.0 Å². The van der Waals surface area contributed by atoms with Gasteiger partial charge in [0, 0.05) is 6.20 Å². The van der Waals surface area contributed by atoms with Gasteiger partial charge in [-0.1, -0.05) is 36.4 Å². The van der Waals surface area contributed by atoms with E-state index in [2.05, 4.69) is 10.3 Å². The van der Waals surface area contributed by atoms with Crippen LogP contribution in [0.1, 0.15) is 22.5 Å². The van der Waals surface area contributed by atoms with E-state index in [9.17, 15) is 9.59 Å². The van der Waals surface area contributed by atoms with Gasteiger partial charge in [-0.15, -0.1) is 0 Å². The standard InChI is InChI=1S/C17H18N2O3/c1-22-17(21)15(11-10-13-7-3-2-4-8-13)19-16(20)14-9-5-6-12-18-14/h2-9,12,15H,10-11H2,1H3,(H,19,20)/t15-/m1/s1. The summed E-state index contributed by atoms with van der Waals surface area (Å²) >= 11 is 0. The zero-order chi connectivity index (χ0) is 15.8. The fourth-order valence-electron chi connectivity index (χ4n) is 2.08. The Morgan fingerprint density at radius 3 is 2.50 bits per heavy atom. The number of pyridine rings is 1. The first kappa shape index (κ1) is 15.7. The zero-order valence-electron chi connectivity index (χ0n) is 12.4. The normalized spacial score (nSPS) is 11.5. The number of rotatable bonds is 6. The van der Waals surface area contributed by atoms with Gasteiger partial charge in [0.25, 0.3) is 5.91 Å². The van der Waals surface area contributed by atoms with Gasteiger partial charge in [-0.2, -0.15) is 0 Å². The van der Waals surface area contributed by atoms with Crippen molar-refractivity contribution in [2.24, 2.45) is 0 Å². The van der Waals surface area contributed by atoms with Crippen molar-refractivity contribution in [3.8, 4) is 0 Å². The Labute approximate surface area is 129 Å². The summed E-state index contributed by atoms with van der Waals surface area (Å²) in [5.41, 5.74) is 1.37. The maximum Gasteiger partial charge on any atom is 0.328 e. The number of carbonyl (C=O) groups excluding carboxylic acids is 2. The van der Waals surface area contributed by atoms with Crippen molar-refractivity contribution >= 4 is 11.9 Å². The number of carbonyl (C=O) groups is 2. The van der Waals surface area contributed by atoms with Gasteiger partial charge < -0.3 is 10.1 Å². The molecule has 0 spiro atoms. The highest BCUT2D eigenvalue weighted by atomic mass is 16.5. The second-order valence-electron chi connectivity index (χ2n) is 4.79. The highest BCUT2D eigenvalue weighted by molar-refractivity contribution is 5.95. The third kappa shape index (κ3) is 4.41.